The molecule has 0 fully saturated rings. The van der Waals surface area contributed by atoms with Crippen LogP contribution in [0.1, 0.15) is 22.8 Å². The van der Waals surface area contributed by atoms with Crippen LogP contribution in [0.15, 0.2) is 36.4 Å². The summed E-state index contributed by atoms with van der Waals surface area (Å²) in [5.74, 6) is -1.25. The second-order valence-corrected chi connectivity index (χ2v) is 3.94. The molecule has 1 heterocycles. The van der Waals surface area contributed by atoms with Gasteiger partial charge in [-0.25, -0.2) is 4.79 Å². The van der Waals surface area contributed by atoms with E-state index in [4.69, 9.17) is 10.00 Å². The molecule has 1 aromatic heterocycles. The van der Waals surface area contributed by atoms with Crippen molar-refractivity contribution in [1.82, 2.24) is 4.98 Å². The quantitative estimate of drug-likeness (QED) is 0.792. The Hall–Kier alpha value is -2.87. The van der Waals surface area contributed by atoms with Crippen LogP contribution in [0, 0.1) is 11.3 Å². The molecule has 0 radical (unpaired) electrons. The Morgan fingerprint density at radius 1 is 1.40 bits per heavy atom. The van der Waals surface area contributed by atoms with Gasteiger partial charge in [0, 0.05) is 11.4 Å². The van der Waals surface area contributed by atoms with E-state index in [2.05, 4.69) is 4.98 Å². The Morgan fingerprint density at radius 2 is 2.10 bits per heavy atom. The van der Waals surface area contributed by atoms with Crippen LogP contribution in [0.4, 0.5) is 0 Å². The zero-order valence-electron chi connectivity index (χ0n) is 10.8. The Balaban J connectivity index is 2.63. The topological polar surface area (TPSA) is 86.0 Å². The molecular weight excluding hydrogens is 256 g/mol. The standard InChI is InChI=1S/C15H12N2O3/c1-2-20-15(19)12-8-11(9-16)14(18)17-13(12)10-6-4-3-5-7-10/h3-8H,2H2,1H3,(H,17,18)/p-1. The summed E-state index contributed by atoms with van der Waals surface area (Å²) in [6.07, 6.45) is 0. The summed E-state index contributed by atoms with van der Waals surface area (Å²) < 4.78 is 4.94. The van der Waals surface area contributed by atoms with Crippen molar-refractivity contribution in [1.29, 1.82) is 5.26 Å². The lowest BCUT2D eigenvalue weighted by Crippen LogP contribution is -2.10. The second-order valence-electron chi connectivity index (χ2n) is 3.94. The van der Waals surface area contributed by atoms with Crippen molar-refractivity contribution in [3.8, 4) is 23.2 Å². The molecule has 5 heteroatoms. The Kier molecular flexibility index (Phi) is 3.96. The first-order valence-electron chi connectivity index (χ1n) is 6.02. The van der Waals surface area contributed by atoms with Crippen molar-refractivity contribution in [2.75, 3.05) is 6.61 Å². The van der Waals surface area contributed by atoms with Gasteiger partial charge in [0.05, 0.1) is 23.4 Å². The van der Waals surface area contributed by atoms with Gasteiger partial charge in [-0.1, -0.05) is 30.3 Å². The van der Waals surface area contributed by atoms with E-state index >= 15 is 0 Å². The van der Waals surface area contributed by atoms with Gasteiger partial charge >= 0.3 is 5.97 Å². The summed E-state index contributed by atoms with van der Waals surface area (Å²) in [6.45, 7) is 1.88. The van der Waals surface area contributed by atoms with E-state index in [1.807, 2.05) is 6.07 Å². The van der Waals surface area contributed by atoms with Gasteiger partial charge in [-0.05, 0) is 13.0 Å². The van der Waals surface area contributed by atoms with Crippen LogP contribution in [0.2, 0.25) is 0 Å². The lowest BCUT2D eigenvalue weighted by molar-refractivity contribution is -0.275. The molecule has 0 atom stereocenters. The van der Waals surface area contributed by atoms with Gasteiger partial charge in [-0.15, -0.1) is 0 Å². The molecule has 0 aliphatic rings. The van der Waals surface area contributed by atoms with Crippen LogP contribution in [0.5, 0.6) is 5.88 Å². The van der Waals surface area contributed by atoms with Gasteiger partial charge in [0.25, 0.3) is 0 Å². The van der Waals surface area contributed by atoms with Crippen molar-refractivity contribution in [3.63, 3.8) is 0 Å². The van der Waals surface area contributed by atoms with Gasteiger partial charge in [-0.3, -0.25) is 4.98 Å². The minimum Gasteiger partial charge on any atom is -0.858 e. The summed E-state index contributed by atoms with van der Waals surface area (Å²) in [4.78, 5) is 15.8. The zero-order valence-corrected chi connectivity index (χ0v) is 10.8. The molecular formula is C15H11N2O3-. The Morgan fingerprint density at radius 3 is 2.70 bits per heavy atom. The van der Waals surface area contributed by atoms with E-state index in [0.29, 0.717) is 5.56 Å². The number of aromatic nitrogens is 1. The number of carbonyl (C=O) groups excluding carboxylic acids is 1. The molecule has 0 aliphatic carbocycles. The fourth-order valence-electron chi connectivity index (χ4n) is 1.76. The molecule has 5 nitrogen and oxygen atoms in total. The van der Waals surface area contributed by atoms with Crippen molar-refractivity contribution >= 4 is 5.97 Å². The second kappa shape index (κ2) is 5.85. The normalized spacial score (nSPS) is 9.80. The minimum atomic E-state index is -0.653. The Bertz CT molecular complexity index is 676. The molecule has 0 unspecified atom stereocenters. The highest BCUT2D eigenvalue weighted by atomic mass is 16.5. The average molecular weight is 267 g/mol. The summed E-state index contributed by atoms with van der Waals surface area (Å²) in [5, 5.41) is 20.6. The molecule has 0 N–H and O–H groups in total. The summed E-state index contributed by atoms with van der Waals surface area (Å²) in [5.41, 5.74) is 0.798. The molecule has 2 rings (SSSR count). The zero-order chi connectivity index (χ0) is 14.5. The van der Waals surface area contributed by atoms with E-state index in [1.165, 1.54) is 6.07 Å². The monoisotopic (exact) mass is 267 g/mol. The van der Waals surface area contributed by atoms with Gasteiger partial charge in [0.1, 0.15) is 6.07 Å². The number of hydrogen-bond acceptors (Lipinski definition) is 5. The molecule has 0 bridgehead atoms. The Labute approximate surface area is 116 Å². The van der Waals surface area contributed by atoms with E-state index in [0.717, 1.165) is 0 Å². The summed E-state index contributed by atoms with van der Waals surface area (Å²) >= 11 is 0. The number of esters is 1. The van der Waals surface area contributed by atoms with Crippen LogP contribution < -0.4 is 5.11 Å². The highest BCUT2D eigenvalue weighted by Gasteiger charge is 2.17. The number of nitriles is 1. The van der Waals surface area contributed by atoms with Crippen LogP contribution in [0.3, 0.4) is 0 Å². The van der Waals surface area contributed by atoms with Gasteiger partial charge in [0.2, 0.25) is 0 Å². The van der Waals surface area contributed by atoms with Gasteiger partial charge in [-0.2, -0.15) is 5.26 Å². The maximum atomic E-state index is 11.9. The van der Waals surface area contributed by atoms with E-state index in [1.54, 1.807) is 37.3 Å². The largest absolute Gasteiger partial charge is 0.858 e. The highest BCUT2D eigenvalue weighted by molar-refractivity contribution is 5.96. The smallest absolute Gasteiger partial charge is 0.340 e. The molecule has 0 saturated carbocycles. The summed E-state index contributed by atoms with van der Waals surface area (Å²) in [7, 11) is 0. The minimum absolute atomic E-state index is 0.120. The number of hydrogen-bond donors (Lipinski definition) is 0. The third-order valence-electron chi connectivity index (χ3n) is 2.65. The first kappa shape index (κ1) is 13.6. The predicted octanol–water partition coefficient (Wildman–Crippen LogP) is 1.87. The van der Waals surface area contributed by atoms with Crippen LogP contribution in [-0.2, 0) is 4.74 Å². The predicted molar refractivity (Wildman–Crippen MR) is 69.8 cm³/mol. The van der Waals surface area contributed by atoms with Crippen LogP contribution >= 0.6 is 0 Å². The van der Waals surface area contributed by atoms with E-state index in [9.17, 15) is 9.90 Å². The number of rotatable bonds is 3. The number of ether oxygens (including phenoxy) is 1. The average Bonchev–Trinajstić information content (AvgIpc) is 2.48. The van der Waals surface area contributed by atoms with Crippen LogP contribution in [0.25, 0.3) is 11.3 Å². The van der Waals surface area contributed by atoms with E-state index < -0.39 is 11.8 Å². The number of benzene rings is 1. The number of nitrogens with zero attached hydrogens (tertiary/aromatic N) is 2. The fraction of sp³-hybridized carbons (Fsp3) is 0.133. The number of pyridine rings is 1. The first-order valence-corrected chi connectivity index (χ1v) is 6.02. The molecule has 2 aromatic rings. The third kappa shape index (κ3) is 2.59. The SMILES string of the molecule is CCOC(=O)c1cc(C#N)c([O-])nc1-c1ccccc1. The fourth-order valence-corrected chi connectivity index (χ4v) is 1.76. The first-order chi connectivity index (χ1) is 9.67. The molecule has 0 saturated heterocycles. The number of carbonyl (C=O) groups is 1. The maximum Gasteiger partial charge on any atom is 0.340 e. The summed E-state index contributed by atoms with van der Waals surface area (Å²) in [6, 6.07) is 11.8. The molecule has 0 aliphatic heterocycles. The molecule has 0 amide bonds. The van der Waals surface area contributed by atoms with Gasteiger partial charge < -0.3 is 9.84 Å². The molecule has 0 spiro atoms. The third-order valence-corrected chi connectivity index (χ3v) is 2.65. The van der Waals surface area contributed by atoms with Crippen molar-refractivity contribution < 1.29 is 14.6 Å². The van der Waals surface area contributed by atoms with E-state index in [-0.39, 0.29) is 23.4 Å². The highest BCUT2D eigenvalue weighted by Crippen LogP contribution is 2.26. The van der Waals surface area contributed by atoms with Crippen LogP contribution in [-0.4, -0.2) is 17.6 Å². The van der Waals surface area contributed by atoms with Crippen molar-refractivity contribution in [3.05, 3.63) is 47.5 Å². The van der Waals surface area contributed by atoms with Gasteiger partial charge in [0.15, 0.2) is 0 Å². The molecule has 100 valence electrons. The lowest BCUT2D eigenvalue weighted by atomic mass is 10.0. The molecule has 1 aromatic carbocycles. The molecule has 20 heavy (non-hydrogen) atoms. The van der Waals surface area contributed by atoms with Crippen molar-refractivity contribution in [2.45, 2.75) is 6.92 Å². The lowest BCUT2D eigenvalue weighted by Gasteiger charge is -2.14. The maximum absolute atomic E-state index is 11.9. The van der Waals surface area contributed by atoms with Crippen molar-refractivity contribution in [2.24, 2.45) is 0 Å².